The van der Waals surface area contributed by atoms with E-state index in [9.17, 15) is 0 Å². The Morgan fingerprint density at radius 1 is 1.43 bits per heavy atom. The number of hydrogen-bond donors (Lipinski definition) is 1. The first-order valence-corrected chi connectivity index (χ1v) is 5.85. The first-order valence-electron chi connectivity index (χ1n) is 4.18. The lowest BCUT2D eigenvalue weighted by molar-refractivity contribution is 1.11. The number of benzene rings is 1. The monoisotopic (exact) mass is 268 g/mol. The quantitative estimate of drug-likeness (QED) is 0.909. The maximum absolute atomic E-state index is 5.56. The van der Waals surface area contributed by atoms with Gasteiger partial charge in [-0.1, -0.05) is 28.1 Å². The fourth-order valence-electron chi connectivity index (χ4n) is 1.26. The fourth-order valence-corrected chi connectivity index (χ4v) is 2.27. The SMILES string of the molecule is Nc1nc(Cc2cccc(Br)c2)cs1. The van der Waals surface area contributed by atoms with Gasteiger partial charge in [0.1, 0.15) is 0 Å². The molecule has 1 aromatic carbocycles. The van der Waals surface area contributed by atoms with Gasteiger partial charge < -0.3 is 5.73 Å². The molecular weight excluding hydrogens is 260 g/mol. The maximum Gasteiger partial charge on any atom is 0.180 e. The Morgan fingerprint density at radius 2 is 2.29 bits per heavy atom. The van der Waals surface area contributed by atoms with Crippen molar-refractivity contribution in [3.05, 3.63) is 45.4 Å². The van der Waals surface area contributed by atoms with Crippen molar-refractivity contribution in [2.75, 3.05) is 5.73 Å². The number of nitrogens with two attached hydrogens (primary N) is 1. The van der Waals surface area contributed by atoms with E-state index in [2.05, 4.69) is 33.0 Å². The average Bonchev–Trinajstić information content (AvgIpc) is 2.51. The minimum absolute atomic E-state index is 0.634. The van der Waals surface area contributed by atoms with Gasteiger partial charge in [0.15, 0.2) is 5.13 Å². The maximum atomic E-state index is 5.56. The smallest absolute Gasteiger partial charge is 0.180 e. The van der Waals surface area contributed by atoms with Crippen LogP contribution in [0.15, 0.2) is 34.1 Å². The molecule has 0 aliphatic heterocycles. The predicted molar refractivity (Wildman–Crippen MR) is 63.5 cm³/mol. The van der Waals surface area contributed by atoms with Crippen LogP contribution in [0, 0.1) is 0 Å². The summed E-state index contributed by atoms with van der Waals surface area (Å²) in [6.45, 7) is 0. The van der Waals surface area contributed by atoms with Crippen molar-refractivity contribution in [3.8, 4) is 0 Å². The van der Waals surface area contributed by atoms with E-state index in [0.29, 0.717) is 5.13 Å². The number of aromatic nitrogens is 1. The Labute approximate surface area is 94.9 Å². The summed E-state index contributed by atoms with van der Waals surface area (Å²) in [5.74, 6) is 0. The van der Waals surface area contributed by atoms with Gasteiger partial charge in [-0.2, -0.15) is 0 Å². The molecule has 0 amide bonds. The lowest BCUT2D eigenvalue weighted by Crippen LogP contribution is -1.89. The molecule has 0 bridgehead atoms. The Balaban J connectivity index is 2.18. The molecule has 4 heteroatoms. The summed E-state index contributed by atoms with van der Waals surface area (Å²) in [6, 6.07) is 8.21. The molecule has 14 heavy (non-hydrogen) atoms. The Hall–Kier alpha value is -0.870. The predicted octanol–water partition coefficient (Wildman–Crippen LogP) is 3.08. The van der Waals surface area contributed by atoms with Crippen molar-refractivity contribution >= 4 is 32.4 Å². The molecule has 2 N–H and O–H groups in total. The molecule has 0 spiro atoms. The molecule has 0 aliphatic rings. The summed E-state index contributed by atoms with van der Waals surface area (Å²) in [7, 11) is 0. The van der Waals surface area contributed by atoms with E-state index >= 15 is 0 Å². The molecule has 2 aromatic rings. The van der Waals surface area contributed by atoms with Crippen molar-refractivity contribution in [3.63, 3.8) is 0 Å². The zero-order valence-corrected chi connectivity index (χ0v) is 9.81. The largest absolute Gasteiger partial charge is 0.375 e. The number of nitrogens with zero attached hydrogens (tertiary/aromatic N) is 1. The third kappa shape index (κ3) is 2.33. The third-order valence-electron chi connectivity index (χ3n) is 1.84. The molecule has 1 aromatic heterocycles. The Morgan fingerprint density at radius 3 is 2.93 bits per heavy atom. The molecule has 0 atom stereocenters. The number of halogens is 1. The highest BCUT2D eigenvalue weighted by atomic mass is 79.9. The standard InChI is InChI=1S/C10H9BrN2S/c11-8-3-1-2-7(4-8)5-9-6-14-10(12)13-9/h1-4,6H,5H2,(H2,12,13). The minimum atomic E-state index is 0.634. The van der Waals surface area contributed by atoms with E-state index in [0.717, 1.165) is 16.6 Å². The molecule has 0 radical (unpaired) electrons. The number of nitrogen functional groups attached to an aromatic ring is 1. The highest BCUT2D eigenvalue weighted by molar-refractivity contribution is 9.10. The number of thiazole rings is 1. The van der Waals surface area contributed by atoms with E-state index in [1.807, 2.05) is 17.5 Å². The van der Waals surface area contributed by atoms with Gasteiger partial charge in [-0.15, -0.1) is 11.3 Å². The van der Waals surface area contributed by atoms with Gasteiger partial charge in [0.25, 0.3) is 0 Å². The van der Waals surface area contributed by atoms with E-state index in [4.69, 9.17) is 5.73 Å². The molecule has 1 heterocycles. The first kappa shape index (κ1) is 9.68. The summed E-state index contributed by atoms with van der Waals surface area (Å²) in [6.07, 6.45) is 0.840. The van der Waals surface area contributed by atoms with Crippen molar-refractivity contribution in [2.45, 2.75) is 6.42 Å². The molecule has 0 unspecified atom stereocenters. The molecule has 2 rings (SSSR count). The van der Waals surface area contributed by atoms with Gasteiger partial charge in [-0.05, 0) is 17.7 Å². The highest BCUT2D eigenvalue weighted by Gasteiger charge is 2.00. The molecule has 0 fully saturated rings. The van der Waals surface area contributed by atoms with E-state index in [-0.39, 0.29) is 0 Å². The van der Waals surface area contributed by atoms with Crippen molar-refractivity contribution in [1.29, 1.82) is 0 Å². The normalized spacial score (nSPS) is 10.4. The van der Waals surface area contributed by atoms with Crippen molar-refractivity contribution < 1.29 is 0 Å². The zero-order chi connectivity index (χ0) is 9.97. The first-order chi connectivity index (χ1) is 6.74. The lowest BCUT2D eigenvalue weighted by Gasteiger charge is -1.98. The molecule has 72 valence electrons. The number of rotatable bonds is 2. The van der Waals surface area contributed by atoms with Crippen LogP contribution in [0.5, 0.6) is 0 Å². The second-order valence-corrected chi connectivity index (χ2v) is 4.79. The van der Waals surface area contributed by atoms with Gasteiger partial charge in [0, 0.05) is 16.3 Å². The van der Waals surface area contributed by atoms with Crippen LogP contribution in [0.3, 0.4) is 0 Å². The highest BCUT2D eigenvalue weighted by Crippen LogP contribution is 2.17. The second-order valence-electron chi connectivity index (χ2n) is 2.98. The van der Waals surface area contributed by atoms with E-state index in [1.165, 1.54) is 16.9 Å². The Bertz CT molecular complexity index is 439. The second kappa shape index (κ2) is 4.11. The molecule has 0 aliphatic carbocycles. The van der Waals surface area contributed by atoms with Gasteiger partial charge in [0.2, 0.25) is 0 Å². The third-order valence-corrected chi connectivity index (χ3v) is 3.06. The fraction of sp³-hybridized carbons (Fsp3) is 0.100. The summed E-state index contributed by atoms with van der Waals surface area (Å²) in [5, 5.41) is 2.63. The lowest BCUT2D eigenvalue weighted by atomic mass is 10.1. The van der Waals surface area contributed by atoms with Crippen LogP contribution in [0.2, 0.25) is 0 Å². The van der Waals surface area contributed by atoms with E-state index < -0.39 is 0 Å². The zero-order valence-electron chi connectivity index (χ0n) is 7.40. The van der Waals surface area contributed by atoms with Crippen LogP contribution >= 0.6 is 27.3 Å². The van der Waals surface area contributed by atoms with Crippen LogP contribution in [-0.2, 0) is 6.42 Å². The molecule has 0 saturated heterocycles. The van der Waals surface area contributed by atoms with Crippen LogP contribution in [0.1, 0.15) is 11.3 Å². The summed E-state index contributed by atoms with van der Waals surface area (Å²) < 4.78 is 1.10. The van der Waals surface area contributed by atoms with E-state index in [1.54, 1.807) is 0 Å². The van der Waals surface area contributed by atoms with Gasteiger partial charge in [0.05, 0.1) is 5.69 Å². The van der Waals surface area contributed by atoms with Gasteiger partial charge >= 0.3 is 0 Å². The van der Waals surface area contributed by atoms with Crippen LogP contribution in [0.25, 0.3) is 0 Å². The van der Waals surface area contributed by atoms with Crippen molar-refractivity contribution in [1.82, 2.24) is 4.98 Å². The topological polar surface area (TPSA) is 38.9 Å². The van der Waals surface area contributed by atoms with Gasteiger partial charge in [-0.3, -0.25) is 0 Å². The summed E-state index contributed by atoms with van der Waals surface area (Å²) in [4.78, 5) is 4.22. The number of anilines is 1. The van der Waals surface area contributed by atoms with Crippen LogP contribution in [-0.4, -0.2) is 4.98 Å². The Kier molecular flexibility index (Phi) is 2.84. The summed E-state index contributed by atoms with van der Waals surface area (Å²) >= 11 is 4.92. The summed E-state index contributed by atoms with van der Waals surface area (Å²) in [5.41, 5.74) is 7.83. The van der Waals surface area contributed by atoms with Crippen LogP contribution in [0.4, 0.5) is 5.13 Å². The molecule has 2 nitrogen and oxygen atoms in total. The average molecular weight is 269 g/mol. The molecule has 0 saturated carbocycles. The van der Waals surface area contributed by atoms with Gasteiger partial charge in [-0.25, -0.2) is 4.98 Å². The van der Waals surface area contributed by atoms with Crippen LogP contribution < -0.4 is 5.73 Å². The number of hydrogen-bond acceptors (Lipinski definition) is 3. The minimum Gasteiger partial charge on any atom is -0.375 e. The van der Waals surface area contributed by atoms with Crippen molar-refractivity contribution in [2.24, 2.45) is 0 Å². The molecular formula is C10H9BrN2S.